The van der Waals surface area contributed by atoms with Gasteiger partial charge in [0, 0.05) is 21.8 Å². The lowest BCUT2D eigenvalue weighted by atomic mass is 9.91. The second kappa shape index (κ2) is 17.0. The molecule has 1 aliphatic carbocycles. The molecular weight excluding hydrogens is 549 g/mol. The maximum Gasteiger partial charge on any atom is 0.252 e. The largest absolute Gasteiger partial charge is 0.393 e. The number of fused-ring (bicyclic) bond motifs is 1. The van der Waals surface area contributed by atoms with Gasteiger partial charge in [0.2, 0.25) is 6.41 Å². The molecule has 5 rings (SSSR count). The quantitative estimate of drug-likeness (QED) is 0.230. The number of hydrogen-bond acceptors (Lipinski definition) is 5. The van der Waals surface area contributed by atoms with Crippen molar-refractivity contribution in [2.24, 2.45) is 5.73 Å². The molecule has 2 heterocycles. The maximum absolute atomic E-state index is 12.1. The molecule has 1 atom stereocenters. The number of hydrogen-bond donors (Lipinski definition) is 4. The van der Waals surface area contributed by atoms with Crippen LogP contribution in [0.2, 0.25) is 15.2 Å². The van der Waals surface area contributed by atoms with Crippen molar-refractivity contribution in [3.05, 3.63) is 98.2 Å². The molecule has 10 heteroatoms. The van der Waals surface area contributed by atoms with Gasteiger partial charge in [-0.1, -0.05) is 84.4 Å². The molecule has 0 bridgehead atoms. The maximum atomic E-state index is 12.1. The molecule has 1 aliphatic heterocycles. The van der Waals surface area contributed by atoms with Crippen LogP contribution in [0.1, 0.15) is 65.2 Å². The van der Waals surface area contributed by atoms with Crippen molar-refractivity contribution in [2.75, 3.05) is 0 Å². The molecule has 1 saturated carbocycles. The minimum atomic E-state index is -0.104. The number of amides is 2. The second-order valence-electron chi connectivity index (χ2n) is 8.63. The number of nitrogens with two attached hydrogens (primary N) is 1. The molecule has 1 aromatic heterocycles. The average Bonchev–Trinajstić information content (AvgIpc) is 2.91. The number of benzene rings is 2. The second-order valence-corrected chi connectivity index (χ2v) is 9.86. The van der Waals surface area contributed by atoms with Gasteiger partial charge in [0.15, 0.2) is 0 Å². The smallest absolute Gasteiger partial charge is 0.252 e. The first kappa shape index (κ1) is 31.5. The number of aliphatic hydroxyl groups is 2. The first-order valence-corrected chi connectivity index (χ1v) is 13.3. The summed E-state index contributed by atoms with van der Waals surface area (Å²) >= 11 is 17.6. The molecule has 1 unspecified atom stereocenters. The number of carbonyl (C=O) groups is 2. The summed E-state index contributed by atoms with van der Waals surface area (Å²) in [6.45, 7) is 0.0180. The summed E-state index contributed by atoms with van der Waals surface area (Å²) in [4.78, 5) is 24.4. The molecular formula is C28H32Cl3N3O4. The number of pyridine rings is 1. The Morgan fingerprint density at radius 1 is 1.03 bits per heavy atom. The van der Waals surface area contributed by atoms with Crippen molar-refractivity contribution in [1.82, 2.24) is 10.3 Å². The zero-order valence-electron chi connectivity index (χ0n) is 20.8. The Kier molecular flexibility index (Phi) is 14.1. The third-order valence-corrected chi connectivity index (χ3v) is 6.66. The normalized spacial score (nSPS) is 16.1. The Balaban J connectivity index is 0.000000221. The van der Waals surface area contributed by atoms with E-state index in [4.69, 9.17) is 49.8 Å². The molecule has 3 aromatic rings. The van der Waals surface area contributed by atoms with E-state index in [0.717, 1.165) is 41.5 Å². The van der Waals surface area contributed by atoms with Crippen molar-refractivity contribution < 1.29 is 19.8 Å². The van der Waals surface area contributed by atoms with Gasteiger partial charge in [0.25, 0.3) is 5.91 Å². The number of primary amides is 1. The van der Waals surface area contributed by atoms with Gasteiger partial charge in [-0.05, 0) is 60.2 Å². The van der Waals surface area contributed by atoms with Crippen LogP contribution in [0.15, 0.2) is 60.8 Å². The Bertz CT molecular complexity index is 1160. The summed E-state index contributed by atoms with van der Waals surface area (Å²) < 4.78 is 0. The van der Waals surface area contributed by atoms with E-state index in [1.54, 1.807) is 30.5 Å². The summed E-state index contributed by atoms with van der Waals surface area (Å²) in [7, 11) is 0. The zero-order valence-corrected chi connectivity index (χ0v) is 23.1. The van der Waals surface area contributed by atoms with Crippen LogP contribution in [0.25, 0.3) is 0 Å². The summed E-state index contributed by atoms with van der Waals surface area (Å²) in [5, 5.41) is 22.1. The zero-order chi connectivity index (χ0) is 27.9. The number of halogens is 3. The van der Waals surface area contributed by atoms with Gasteiger partial charge >= 0.3 is 0 Å². The first-order chi connectivity index (χ1) is 18.3. The summed E-state index contributed by atoms with van der Waals surface area (Å²) in [6, 6.07) is 16.3. The van der Waals surface area contributed by atoms with Crippen molar-refractivity contribution >= 4 is 47.1 Å². The van der Waals surface area contributed by atoms with Crippen LogP contribution in [0.4, 0.5) is 0 Å². The predicted octanol–water partition coefficient (Wildman–Crippen LogP) is 5.66. The van der Waals surface area contributed by atoms with E-state index in [1.807, 2.05) is 30.3 Å². The van der Waals surface area contributed by atoms with Gasteiger partial charge in [-0.2, -0.15) is 0 Å². The highest BCUT2D eigenvalue weighted by molar-refractivity contribution is 6.35. The van der Waals surface area contributed by atoms with E-state index in [2.05, 4.69) is 16.0 Å². The number of aromatic nitrogens is 1. The van der Waals surface area contributed by atoms with Crippen LogP contribution < -0.4 is 11.1 Å². The van der Waals surface area contributed by atoms with Gasteiger partial charge in [-0.3, -0.25) is 9.59 Å². The highest BCUT2D eigenvalue weighted by atomic mass is 35.5. The molecule has 7 nitrogen and oxygen atoms in total. The SMILES string of the molecule is NC=O.O=C1NC(c2ccc(Cl)cc2Cl)Cc2ccccc21.OC1CCCCC1.OCc1ccc(Cl)nc1. The summed E-state index contributed by atoms with van der Waals surface area (Å²) in [6.07, 6.45) is 8.46. The summed E-state index contributed by atoms with van der Waals surface area (Å²) in [5.41, 5.74) is 7.62. The van der Waals surface area contributed by atoms with Gasteiger partial charge in [0.1, 0.15) is 5.15 Å². The Morgan fingerprint density at radius 3 is 2.26 bits per heavy atom. The molecule has 5 N–H and O–H groups in total. The molecule has 2 aromatic carbocycles. The lowest BCUT2D eigenvalue weighted by Crippen LogP contribution is -2.35. The molecule has 0 spiro atoms. The van der Waals surface area contributed by atoms with Gasteiger partial charge in [-0.25, -0.2) is 4.98 Å². The third kappa shape index (κ3) is 10.6. The van der Waals surface area contributed by atoms with E-state index in [1.165, 1.54) is 19.3 Å². The molecule has 204 valence electrons. The van der Waals surface area contributed by atoms with Gasteiger partial charge in [-0.15, -0.1) is 0 Å². The average molecular weight is 581 g/mol. The van der Waals surface area contributed by atoms with E-state index < -0.39 is 0 Å². The van der Waals surface area contributed by atoms with E-state index in [0.29, 0.717) is 15.2 Å². The van der Waals surface area contributed by atoms with Gasteiger partial charge < -0.3 is 21.3 Å². The third-order valence-electron chi connectivity index (χ3n) is 5.88. The monoisotopic (exact) mass is 579 g/mol. The Hall–Kier alpha value is -2.68. The van der Waals surface area contributed by atoms with Crippen molar-refractivity contribution in [3.8, 4) is 0 Å². The molecule has 0 radical (unpaired) electrons. The minimum absolute atomic E-state index is 0.0180. The number of aliphatic hydroxyl groups excluding tert-OH is 2. The molecule has 2 aliphatic rings. The minimum Gasteiger partial charge on any atom is -0.393 e. The van der Waals surface area contributed by atoms with Crippen LogP contribution in [0, 0.1) is 0 Å². The number of nitrogens with zero attached hydrogens (tertiary/aromatic N) is 1. The highest BCUT2D eigenvalue weighted by Gasteiger charge is 2.26. The number of nitrogens with one attached hydrogen (secondary N) is 1. The van der Waals surface area contributed by atoms with E-state index in [-0.39, 0.29) is 31.1 Å². The fourth-order valence-corrected chi connectivity index (χ4v) is 4.63. The molecule has 38 heavy (non-hydrogen) atoms. The summed E-state index contributed by atoms with van der Waals surface area (Å²) in [5.74, 6) is -0.0575. The van der Waals surface area contributed by atoms with Crippen molar-refractivity contribution in [3.63, 3.8) is 0 Å². The van der Waals surface area contributed by atoms with Crippen LogP contribution in [0.5, 0.6) is 0 Å². The van der Waals surface area contributed by atoms with Crippen molar-refractivity contribution in [1.29, 1.82) is 0 Å². The van der Waals surface area contributed by atoms with Crippen LogP contribution in [0.3, 0.4) is 0 Å². The van der Waals surface area contributed by atoms with Crippen LogP contribution >= 0.6 is 34.8 Å². The van der Waals surface area contributed by atoms with Gasteiger partial charge in [0.05, 0.1) is 18.8 Å². The lowest BCUT2D eigenvalue weighted by Gasteiger charge is -2.26. The molecule has 1 fully saturated rings. The van der Waals surface area contributed by atoms with Crippen LogP contribution in [-0.4, -0.2) is 33.6 Å². The van der Waals surface area contributed by atoms with E-state index >= 15 is 0 Å². The fraction of sp³-hybridized carbons (Fsp3) is 0.321. The molecule has 0 saturated heterocycles. The predicted molar refractivity (Wildman–Crippen MR) is 151 cm³/mol. The number of rotatable bonds is 2. The first-order valence-electron chi connectivity index (χ1n) is 12.2. The molecule has 2 amide bonds. The Morgan fingerprint density at radius 2 is 1.71 bits per heavy atom. The van der Waals surface area contributed by atoms with Crippen molar-refractivity contribution in [2.45, 2.75) is 57.3 Å². The highest BCUT2D eigenvalue weighted by Crippen LogP contribution is 2.31. The lowest BCUT2D eigenvalue weighted by molar-refractivity contribution is -0.106. The fourth-order valence-electron chi connectivity index (χ4n) is 3.98. The topological polar surface area (TPSA) is 126 Å². The Labute approximate surface area is 237 Å². The number of carbonyl (C=O) groups excluding carboxylic acids is 2. The van der Waals surface area contributed by atoms with Crippen LogP contribution in [-0.2, 0) is 17.8 Å². The standard InChI is InChI=1S/C15H11Cl2NO.C6H6ClNO.C6H12O.CH3NO/c16-10-5-6-12(13(17)8-10)14-7-9-3-1-2-4-11(9)15(19)18-14;7-6-2-1-5(4-9)3-8-6;7-6-4-2-1-3-5-6;2-1-3/h1-6,8,14H,7H2,(H,18,19);1-3,9H,4H2;6-7H,1-5H2;1H,(H2,2,3). The van der Waals surface area contributed by atoms with E-state index in [9.17, 15) is 4.79 Å².